The molecule has 0 amide bonds. The monoisotopic (exact) mass is 273 g/mol. The molecule has 0 fully saturated rings. The smallest absolute Gasteiger partial charge is 0.313 e. The molecule has 0 aliphatic rings. The van der Waals surface area contributed by atoms with Crippen LogP contribution in [-0.4, -0.2) is 44.3 Å². The van der Waals surface area contributed by atoms with E-state index < -0.39 is 5.97 Å². The molecule has 0 unspecified atom stereocenters. The highest BCUT2D eigenvalue weighted by Crippen LogP contribution is 2.17. The first kappa shape index (κ1) is 15.0. The minimum absolute atomic E-state index is 0.00706. The van der Waals surface area contributed by atoms with Gasteiger partial charge in [-0.15, -0.1) is 10.2 Å². The number of carbonyl (C=O) groups is 1. The first-order valence-electron chi connectivity index (χ1n) is 5.92. The van der Waals surface area contributed by atoms with Crippen molar-refractivity contribution in [3.63, 3.8) is 0 Å². The number of nitrogens with zero attached hydrogens (tertiary/aromatic N) is 3. The molecule has 102 valence electrons. The van der Waals surface area contributed by atoms with Gasteiger partial charge in [0, 0.05) is 13.0 Å². The summed E-state index contributed by atoms with van der Waals surface area (Å²) in [5.41, 5.74) is 0. The van der Waals surface area contributed by atoms with Gasteiger partial charge in [0.15, 0.2) is 5.16 Å². The Bertz CT molecular complexity index is 393. The molecule has 1 heterocycles. The lowest BCUT2D eigenvalue weighted by Crippen LogP contribution is -2.13. The van der Waals surface area contributed by atoms with Crippen LogP contribution in [0, 0.1) is 0 Å². The molecule has 0 atom stereocenters. The summed E-state index contributed by atoms with van der Waals surface area (Å²) in [6.07, 6.45) is 0.948. The Balaban J connectivity index is 2.65. The molecule has 0 aliphatic carbocycles. The van der Waals surface area contributed by atoms with Crippen LogP contribution in [0.1, 0.15) is 26.6 Å². The van der Waals surface area contributed by atoms with Crippen LogP contribution in [0.2, 0.25) is 0 Å². The van der Waals surface area contributed by atoms with E-state index in [2.05, 4.69) is 10.2 Å². The lowest BCUT2D eigenvalue weighted by Gasteiger charge is -2.11. The second-order valence-electron chi connectivity index (χ2n) is 4.01. The second kappa shape index (κ2) is 7.38. The molecule has 0 saturated heterocycles. The molecule has 0 aromatic carbocycles. The average Bonchev–Trinajstić information content (AvgIpc) is 2.68. The van der Waals surface area contributed by atoms with E-state index in [0.717, 1.165) is 12.2 Å². The number of aliphatic carboxylic acids is 1. The molecule has 0 bridgehead atoms. The van der Waals surface area contributed by atoms with E-state index in [1.807, 2.05) is 25.3 Å². The molecule has 1 rings (SSSR count). The number of ether oxygens (including phenoxy) is 1. The number of aryl methyl sites for hydroxylation is 1. The van der Waals surface area contributed by atoms with Crippen molar-refractivity contribution < 1.29 is 14.6 Å². The molecule has 7 heteroatoms. The van der Waals surface area contributed by atoms with Gasteiger partial charge < -0.3 is 14.4 Å². The molecule has 1 N–H and O–H groups in total. The number of carboxylic acids is 1. The number of aromatic nitrogens is 3. The van der Waals surface area contributed by atoms with E-state index in [9.17, 15) is 4.79 Å². The van der Waals surface area contributed by atoms with Gasteiger partial charge in [-0.3, -0.25) is 4.79 Å². The summed E-state index contributed by atoms with van der Waals surface area (Å²) in [6.45, 7) is 7.18. The van der Waals surface area contributed by atoms with Crippen LogP contribution in [0.4, 0.5) is 0 Å². The van der Waals surface area contributed by atoms with Crippen LogP contribution >= 0.6 is 11.8 Å². The van der Waals surface area contributed by atoms with Crippen LogP contribution < -0.4 is 0 Å². The maximum absolute atomic E-state index is 10.6. The Labute approximate surface area is 111 Å². The zero-order valence-corrected chi connectivity index (χ0v) is 11.7. The number of hydrogen-bond donors (Lipinski definition) is 1. The summed E-state index contributed by atoms with van der Waals surface area (Å²) in [5, 5.41) is 17.4. The topological polar surface area (TPSA) is 77.2 Å². The van der Waals surface area contributed by atoms with Crippen molar-refractivity contribution in [1.82, 2.24) is 14.8 Å². The predicted molar refractivity (Wildman–Crippen MR) is 68.8 cm³/mol. The largest absolute Gasteiger partial charge is 0.481 e. The minimum Gasteiger partial charge on any atom is -0.481 e. The van der Waals surface area contributed by atoms with Crippen LogP contribution in [0.25, 0.3) is 0 Å². The lowest BCUT2D eigenvalue weighted by atomic mass is 10.4. The molecule has 0 saturated carbocycles. The fraction of sp³-hybridized carbons (Fsp3) is 0.727. The number of carboxylic acid groups (broad SMARTS) is 1. The summed E-state index contributed by atoms with van der Waals surface area (Å²) in [5.74, 6) is -0.00588. The van der Waals surface area contributed by atoms with Crippen molar-refractivity contribution in [2.75, 3.05) is 12.4 Å². The van der Waals surface area contributed by atoms with Gasteiger partial charge >= 0.3 is 5.97 Å². The summed E-state index contributed by atoms with van der Waals surface area (Å²) < 4.78 is 7.42. The van der Waals surface area contributed by atoms with Crippen molar-refractivity contribution >= 4 is 17.7 Å². The van der Waals surface area contributed by atoms with E-state index in [1.165, 1.54) is 11.8 Å². The highest BCUT2D eigenvalue weighted by molar-refractivity contribution is 7.99. The average molecular weight is 273 g/mol. The molecule has 1 aromatic heterocycles. The van der Waals surface area contributed by atoms with Gasteiger partial charge in [0.1, 0.15) is 5.82 Å². The highest BCUT2D eigenvalue weighted by Gasteiger charge is 2.12. The Morgan fingerprint density at radius 2 is 2.22 bits per heavy atom. The molecule has 0 aliphatic heterocycles. The Morgan fingerprint density at radius 3 is 2.78 bits per heavy atom. The van der Waals surface area contributed by atoms with Crippen LogP contribution in [0.5, 0.6) is 0 Å². The quantitative estimate of drug-likeness (QED) is 0.722. The van der Waals surface area contributed by atoms with Crippen molar-refractivity contribution in [1.29, 1.82) is 0 Å². The van der Waals surface area contributed by atoms with Gasteiger partial charge in [-0.1, -0.05) is 18.7 Å². The summed E-state index contributed by atoms with van der Waals surface area (Å²) in [7, 11) is 0. The van der Waals surface area contributed by atoms with E-state index >= 15 is 0 Å². The molecular weight excluding hydrogens is 254 g/mol. The first-order chi connectivity index (χ1) is 8.54. The Hall–Kier alpha value is -1.08. The number of thioether (sulfide) groups is 1. The van der Waals surface area contributed by atoms with Gasteiger partial charge in [0.25, 0.3) is 0 Å². The SMILES string of the molecule is CCc1nnc(SCC(=O)O)n1CCOC(C)C. The number of hydrogen-bond acceptors (Lipinski definition) is 5. The van der Waals surface area contributed by atoms with Crippen molar-refractivity contribution in [2.45, 2.75) is 45.0 Å². The molecule has 1 aromatic rings. The van der Waals surface area contributed by atoms with Gasteiger partial charge in [-0.2, -0.15) is 0 Å². The second-order valence-corrected chi connectivity index (χ2v) is 4.95. The Morgan fingerprint density at radius 1 is 1.50 bits per heavy atom. The van der Waals surface area contributed by atoms with E-state index in [4.69, 9.17) is 9.84 Å². The summed E-state index contributed by atoms with van der Waals surface area (Å²) in [6, 6.07) is 0. The van der Waals surface area contributed by atoms with E-state index in [0.29, 0.717) is 18.3 Å². The minimum atomic E-state index is -0.856. The third kappa shape index (κ3) is 4.66. The van der Waals surface area contributed by atoms with E-state index in [1.54, 1.807) is 0 Å². The van der Waals surface area contributed by atoms with Crippen LogP contribution in [0.3, 0.4) is 0 Å². The first-order valence-corrected chi connectivity index (χ1v) is 6.91. The zero-order valence-electron chi connectivity index (χ0n) is 10.9. The van der Waals surface area contributed by atoms with Crippen LogP contribution in [0.15, 0.2) is 5.16 Å². The normalized spacial score (nSPS) is 11.1. The lowest BCUT2D eigenvalue weighted by molar-refractivity contribution is -0.133. The fourth-order valence-electron chi connectivity index (χ4n) is 1.42. The molecule has 6 nitrogen and oxygen atoms in total. The fourth-order valence-corrected chi connectivity index (χ4v) is 2.12. The summed E-state index contributed by atoms with van der Waals surface area (Å²) >= 11 is 1.18. The van der Waals surface area contributed by atoms with Crippen molar-refractivity contribution in [2.24, 2.45) is 0 Å². The van der Waals surface area contributed by atoms with Gasteiger partial charge in [0.05, 0.1) is 18.5 Å². The number of rotatable bonds is 8. The third-order valence-corrected chi connectivity index (χ3v) is 3.15. The van der Waals surface area contributed by atoms with E-state index in [-0.39, 0.29) is 11.9 Å². The molecule has 0 spiro atoms. The van der Waals surface area contributed by atoms with Gasteiger partial charge in [-0.05, 0) is 13.8 Å². The zero-order chi connectivity index (χ0) is 13.5. The molecular formula is C11H19N3O3S. The third-order valence-electron chi connectivity index (χ3n) is 2.20. The van der Waals surface area contributed by atoms with Crippen molar-refractivity contribution in [3.8, 4) is 0 Å². The van der Waals surface area contributed by atoms with Gasteiger partial charge in [0.2, 0.25) is 0 Å². The Kier molecular flexibility index (Phi) is 6.14. The van der Waals surface area contributed by atoms with Gasteiger partial charge in [-0.25, -0.2) is 0 Å². The summed E-state index contributed by atoms with van der Waals surface area (Å²) in [4.78, 5) is 10.6. The molecule has 18 heavy (non-hydrogen) atoms. The van der Waals surface area contributed by atoms with Crippen LogP contribution in [-0.2, 0) is 22.5 Å². The standard InChI is InChI=1S/C11H19N3O3S/c1-4-9-12-13-11(18-7-10(15)16)14(9)5-6-17-8(2)3/h8H,4-7H2,1-3H3,(H,15,16). The maximum atomic E-state index is 10.6. The highest BCUT2D eigenvalue weighted by atomic mass is 32.2. The maximum Gasteiger partial charge on any atom is 0.313 e. The molecule has 0 radical (unpaired) electrons. The van der Waals surface area contributed by atoms with Crippen molar-refractivity contribution in [3.05, 3.63) is 5.82 Å². The predicted octanol–water partition coefficient (Wildman–Crippen LogP) is 1.44.